The van der Waals surface area contributed by atoms with Gasteiger partial charge in [-0.05, 0) is 125 Å². The molecule has 53 heavy (non-hydrogen) atoms. The maximum absolute atomic E-state index is 6.74. The molecule has 1 spiro atoms. The number of para-hydroxylation sites is 2. The molecule has 1 aromatic heterocycles. The molecule has 0 N–H and O–H groups in total. The Morgan fingerprint density at radius 3 is 1.49 bits per heavy atom. The van der Waals surface area contributed by atoms with Gasteiger partial charge in [0.1, 0.15) is 0 Å². The predicted octanol–water partition coefficient (Wildman–Crippen LogP) is 8.50. The van der Waals surface area contributed by atoms with Crippen LogP contribution in [-0.4, -0.2) is 46.6 Å². The van der Waals surface area contributed by atoms with Gasteiger partial charge >= 0.3 is 14.2 Å². The summed E-state index contributed by atoms with van der Waals surface area (Å²) in [5.41, 5.74) is 10.9. The second kappa shape index (κ2) is 11.1. The quantitative estimate of drug-likeness (QED) is 0.172. The molecule has 5 aromatic rings. The van der Waals surface area contributed by atoms with Crippen molar-refractivity contribution in [1.82, 2.24) is 9.97 Å². The Kier molecular flexibility index (Phi) is 7.08. The van der Waals surface area contributed by atoms with Crippen molar-refractivity contribution >= 4 is 36.2 Å². The smallest absolute Gasteiger partial charge is 0.399 e. The Hall–Kier alpha value is -3.81. The average molecular weight is 703 g/mol. The van der Waals surface area contributed by atoms with Crippen LogP contribution in [0.5, 0.6) is 0 Å². The minimum atomic E-state index is -0.500. The molecule has 2 atom stereocenters. The molecule has 3 fully saturated rings. The van der Waals surface area contributed by atoms with Crippen LogP contribution in [0.1, 0.15) is 109 Å². The monoisotopic (exact) mass is 702 g/mol. The summed E-state index contributed by atoms with van der Waals surface area (Å²) in [7, 11) is -0.996. The molecule has 6 nitrogen and oxygen atoms in total. The second-order valence-electron chi connectivity index (χ2n) is 18.1. The third kappa shape index (κ3) is 4.62. The van der Waals surface area contributed by atoms with Crippen LogP contribution in [0.3, 0.4) is 0 Å². The van der Waals surface area contributed by atoms with Crippen molar-refractivity contribution in [2.24, 2.45) is 5.92 Å². The Bertz CT molecular complexity index is 2180. The van der Waals surface area contributed by atoms with E-state index in [1.54, 1.807) is 0 Å². The summed E-state index contributed by atoms with van der Waals surface area (Å²) in [6.07, 6.45) is 4.73. The highest BCUT2D eigenvalue weighted by Gasteiger charge is 2.59. The molecule has 1 saturated carbocycles. The fourth-order valence-electron chi connectivity index (χ4n) is 10.1. The van der Waals surface area contributed by atoms with Crippen LogP contribution >= 0.6 is 0 Å². The van der Waals surface area contributed by atoms with Crippen molar-refractivity contribution in [3.05, 3.63) is 107 Å². The molecule has 5 aliphatic rings. The van der Waals surface area contributed by atoms with Gasteiger partial charge in [-0.3, -0.25) is 0 Å². The highest BCUT2D eigenvalue weighted by Crippen LogP contribution is 2.65. The Morgan fingerprint density at radius 2 is 0.981 bits per heavy atom. The van der Waals surface area contributed by atoms with Crippen molar-refractivity contribution in [2.45, 2.75) is 115 Å². The van der Waals surface area contributed by atoms with Crippen LogP contribution in [-0.2, 0) is 24.0 Å². The van der Waals surface area contributed by atoms with Gasteiger partial charge in [-0.1, -0.05) is 85.6 Å². The number of hydrogen-bond acceptors (Lipinski definition) is 6. The molecule has 8 heteroatoms. The summed E-state index contributed by atoms with van der Waals surface area (Å²) in [6.45, 7) is 17.0. The van der Waals surface area contributed by atoms with Crippen LogP contribution in [0.15, 0.2) is 84.9 Å². The molecule has 3 aliphatic carbocycles. The zero-order chi connectivity index (χ0) is 36.7. The van der Waals surface area contributed by atoms with E-state index in [9.17, 15) is 0 Å². The fourth-order valence-corrected chi connectivity index (χ4v) is 10.1. The molecule has 4 aromatic carbocycles. The van der Waals surface area contributed by atoms with Crippen molar-refractivity contribution in [3.8, 4) is 22.5 Å². The van der Waals surface area contributed by atoms with E-state index < -0.39 is 42.1 Å². The van der Waals surface area contributed by atoms with E-state index in [4.69, 9.17) is 28.6 Å². The van der Waals surface area contributed by atoms with Crippen LogP contribution in [0.25, 0.3) is 33.5 Å². The van der Waals surface area contributed by atoms with Crippen LogP contribution in [0.2, 0.25) is 0 Å². The van der Waals surface area contributed by atoms with E-state index in [2.05, 4.69) is 140 Å². The minimum absolute atomic E-state index is 0.331. The lowest BCUT2D eigenvalue weighted by Crippen LogP contribution is -2.42. The van der Waals surface area contributed by atoms with E-state index >= 15 is 0 Å². The molecule has 3 heterocycles. The van der Waals surface area contributed by atoms with Gasteiger partial charge in [0.05, 0.1) is 50.2 Å². The fraction of sp³-hybridized carbons (Fsp3) is 0.422. The van der Waals surface area contributed by atoms with Gasteiger partial charge in [-0.2, -0.15) is 0 Å². The van der Waals surface area contributed by atoms with Crippen LogP contribution in [0, 0.1) is 5.92 Å². The lowest BCUT2D eigenvalue weighted by Gasteiger charge is -2.43. The van der Waals surface area contributed by atoms with Crippen LogP contribution < -0.4 is 10.9 Å². The summed E-state index contributed by atoms with van der Waals surface area (Å²) >= 11 is 0. The molecule has 1 unspecified atom stereocenters. The first-order valence-corrected chi connectivity index (χ1v) is 19.6. The maximum atomic E-state index is 6.74. The van der Waals surface area contributed by atoms with Crippen molar-refractivity contribution < 1.29 is 18.6 Å². The molecule has 0 bridgehead atoms. The van der Waals surface area contributed by atoms with E-state index in [0.29, 0.717) is 11.8 Å². The number of rotatable bonds is 2. The molecule has 0 amide bonds. The summed E-state index contributed by atoms with van der Waals surface area (Å²) in [5.74, 6) is 0.764. The summed E-state index contributed by atoms with van der Waals surface area (Å²) in [6, 6.07) is 31.3. The van der Waals surface area contributed by atoms with Crippen molar-refractivity contribution in [2.75, 3.05) is 0 Å². The summed E-state index contributed by atoms with van der Waals surface area (Å²) in [5, 5.41) is 0. The zero-order valence-electron chi connectivity index (χ0n) is 32.2. The van der Waals surface area contributed by atoms with E-state index in [-0.39, 0.29) is 0 Å². The highest BCUT2D eigenvalue weighted by atomic mass is 16.7. The molecule has 2 aliphatic heterocycles. The van der Waals surface area contributed by atoms with E-state index in [1.807, 2.05) is 0 Å². The molecule has 0 radical (unpaired) electrons. The number of benzene rings is 4. The number of fused-ring (bicyclic) bond motifs is 13. The van der Waals surface area contributed by atoms with Crippen LogP contribution in [0.4, 0.5) is 0 Å². The molecule has 2 saturated heterocycles. The van der Waals surface area contributed by atoms with Crippen molar-refractivity contribution in [1.29, 1.82) is 0 Å². The Labute approximate surface area is 314 Å². The highest BCUT2D eigenvalue weighted by molar-refractivity contribution is 6.62. The van der Waals surface area contributed by atoms with Crippen molar-refractivity contribution in [3.63, 3.8) is 0 Å². The second-order valence-corrected chi connectivity index (χ2v) is 18.1. The third-order valence-corrected chi connectivity index (χ3v) is 14.2. The molecule has 10 rings (SSSR count). The molecule has 268 valence electrons. The Morgan fingerprint density at radius 1 is 0.528 bits per heavy atom. The molecular weight excluding hydrogens is 654 g/mol. The Balaban J connectivity index is 1.32. The number of hydrogen-bond donors (Lipinski definition) is 0. The summed E-state index contributed by atoms with van der Waals surface area (Å²) < 4.78 is 27.0. The first-order valence-electron chi connectivity index (χ1n) is 19.6. The summed E-state index contributed by atoms with van der Waals surface area (Å²) in [4.78, 5) is 10.9. The van der Waals surface area contributed by atoms with E-state index in [1.165, 1.54) is 41.5 Å². The lowest BCUT2D eigenvalue weighted by atomic mass is 9.58. The normalized spacial score (nSPS) is 25.1. The van der Waals surface area contributed by atoms with Gasteiger partial charge in [0.25, 0.3) is 0 Å². The van der Waals surface area contributed by atoms with Gasteiger partial charge in [0.15, 0.2) is 0 Å². The average Bonchev–Trinajstić information content (AvgIpc) is 3.62. The number of aromatic nitrogens is 2. The van der Waals surface area contributed by atoms with Gasteiger partial charge < -0.3 is 18.6 Å². The zero-order valence-corrected chi connectivity index (χ0v) is 32.2. The van der Waals surface area contributed by atoms with Gasteiger partial charge in [0, 0.05) is 11.1 Å². The standard InChI is InChI=1S/C45H48B2N2O4/c1-41(2)42(3,4)51-46(50-41)27-21-23-31-35(25-27)45(33-17-11-9-15-29(33)30-16-10-12-18-34(30)45)36-26-28(47-52-43(5,6)44(7,8)53-47)22-24-32(36)40-39(31)48-37-19-13-14-20-38(37)49-40/h9,11,13-15,17,19-26,30,34H,10,12,16,18H2,1-8H3/t30-,34?/m1/s1. The largest absolute Gasteiger partial charge is 0.494 e. The third-order valence-electron chi connectivity index (χ3n) is 14.2. The first-order chi connectivity index (χ1) is 25.2. The predicted molar refractivity (Wildman–Crippen MR) is 213 cm³/mol. The SMILES string of the molecule is CC1(C)OB(c2ccc3c(c2)C2(c4cc(B5OC(C)(C)C(C)(C)O5)ccc4-c4nc5ccccc5nc4-3)c3ccccc3[C@H]3CCCCC32)OC1(C)C. The van der Waals surface area contributed by atoms with Gasteiger partial charge in [-0.25, -0.2) is 9.97 Å². The maximum Gasteiger partial charge on any atom is 0.494 e. The van der Waals surface area contributed by atoms with Gasteiger partial charge in [0.2, 0.25) is 0 Å². The van der Waals surface area contributed by atoms with Gasteiger partial charge in [-0.15, -0.1) is 0 Å². The van der Waals surface area contributed by atoms with E-state index in [0.717, 1.165) is 50.9 Å². The lowest BCUT2D eigenvalue weighted by molar-refractivity contribution is 0.00578. The minimum Gasteiger partial charge on any atom is -0.399 e. The molecular formula is C45H48B2N2O4. The topological polar surface area (TPSA) is 62.7 Å². The number of nitrogens with zero attached hydrogens (tertiary/aromatic N) is 2. The first kappa shape index (κ1) is 33.7.